The Morgan fingerprint density at radius 3 is 2.18 bits per heavy atom. The van der Waals surface area contributed by atoms with Crippen molar-refractivity contribution in [2.24, 2.45) is 28.6 Å². The summed E-state index contributed by atoms with van der Waals surface area (Å²) in [6.45, 7) is 3.49. The molecule has 7 aliphatic rings. The van der Waals surface area contributed by atoms with Gasteiger partial charge in [0.05, 0.1) is 24.9 Å². The first-order valence-electron chi connectivity index (χ1n) is 17.8. The summed E-state index contributed by atoms with van der Waals surface area (Å²) in [5.74, 6) is 0.130. The first-order chi connectivity index (χ1) is 23.3. The zero-order valence-electron chi connectivity index (χ0n) is 28.0. The second-order valence-electron chi connectivity index (χ2n) is 15.9. The maximum atomic E-state index is 12.5. The van der Waals surface area contributed by atoms with Crippen LogP contribution in [0.5, 0.6) is 0 Å². The van der Waals surface area contributed by atoms with E-state index < -0.39 is 80.2 Å². The standard InChI is InChI=1S/C35H52O14/c1-33-8-5-18(46-32-30(28(42)26(40)23(14-37)48-32)49-31-29(43)27(41)25(39)22(13-36)47-31)12-17(33)3-4-21-20(33)6-9-34(2)19(7-10-35(21,34)44)16-11-24(38)45-15-16/h3,11,18-23,25-32,36-37,39-44H,4-10,12-15H2,1-2H3/t18-,19-,20?,21?,22+,23+,25+,26+,27-,28-,29+,30+,31?,32+,33-,34+,35-/m0/s1. The van der Waals surface area contributed by atoms with E-state index in [1.165, 1.54) is 5.57 Å². The van der Waals surface area contributed by atoms with Crippen molar-refractivity contribution >= 4 is 5.97 Å². The van der Waals surface area contributed by atoms with Gasteiger partial charge in [0.1, 0.15) is 55.4 Å². The fraction of sp³-hybridized carbons (Fsp3) is 0.857. The number of allylic oxidation sites excluding steroid dienone is 1. The van der Waals surface area contributed by atoms with Crippen LogP contribution in [0, 0.1) is 28.6 Å². The predicted molar refractivity (Wildman–Crippen MR) is 167 cm³/mol. The average Bonchev–Trinajstić information content (AvgIpc) is 3.63. The summed E-state index contributed by atoms with van der Waals surface area (Å²) in [6, 6.07) is 0. The van der Waals surface area contributed by atoms with Gasteiger partial charge in [0.25, 0.3) is 0 Å². The Bertz CT molecular complexity index is 1320. The molecule has 0 aromatic carbocycles. The van der Waals surface area contributed by atoms with Crippen LogP contribution in [0.1, 0.15) is 65.2 Å². The van der Waals surface area contributed by atoms with Crippen molar-refractivity contribution in [3.63, 3.8) is 0 Å². The molecular weight excluding hydrogens is 644 g/mol. The molecule has 3 saturated carbocycles. The van der Waals surface area contributed by atoms with Crippen molar-refractivity contribution in [2.75, 3.05) is 19.8 Å². The number of cyclic esters (lactones) is 1. The van der Waals surface area contributed by atoms with Gasteiger partial charge in [-0.15, -0.1) is 0 Å². The summed E-state index contributed by atoms with van der Waals surface area (Å²) in [4.78, 5) is 11.9. The van der Waals surface area contributed by atoms with Crippen molar-refractivity contribution in [1.29, 1.82) is 0 Å². The maximum Gasteiger partial charge on any atom is 0.331 e. The van der Waals surface area contributed by atoms with Crippen LogP contribution in [0.2, 0.25) is 0 Å². The normalized spacial score (nSPS) is 52.8. The molecule has 14 nitrogen and oxygen atoms in total. The minimum atomic E-state index is -1.75. The zero-order chi connectivity index (χ0) is 35.0. The van der Waals surface area contributed by atoms with Crippen LogP contribution in [-0.2, 0) is 28.5 Å². The first-order valence-corrected chi connectivity index (χ1v) is 17.8. The van der Waals surface area contributed by atoms with Gasteiger partial charge in [-0.3, -0.25) is 0 Å². The second kappa shape index (κ2) is 13.2. The van der Waals surface area contributed by atoms with E-state index in [0.717, 1.165) is 37.7 Å². The molecule has 0 spiro atoms. The van der Waals surface area contributed by atoms with Crippen molar-refractivity contribution in [3.8, 4) is 0 Å². The van der Waals surface area contributed by atoms with Crippen LogP contribution in [0.25, 0.3) is 0 Å². The summed E-state index contributed by atoms with van der Waals surface area (Å²) in [6.07, 6.45) is -5.59. The Labute approximate surface area is 285 Å². The van der Waals surface area contributed by atoms with Gasteiger partial charge in [-0.25, -0.2) is 4.79 Å². The number of ether oxygens (including phenoxy) is 5. The quantitative estimate of drug-likeness (QED) is 0.120. The summed E-state index contributed by atoms with van der Waals surface area (Å²) in [5.41, 5.74) is 0.835. The summed E-state index contributed by atoms with van der Waals surface area (Å²) < 4.78 is 28.9. The molecule has 14 heteroatoms. The van der Waals surface area contributed by atoms with Gasteiger partial charge in [0.15, 0.2) is 12.6 Å². The Morgan fingerprint density at radius 2 is 1.51 bits per heavy atom. The molecule has 0 amide bonds. The number of hydrogen-bond donors (Lipinski definition) is 8. The van der Waals surface area contributed by atoms with Crippen LogP contribution >= 0.6 is 0 Å². The third kappa shape index (κ3) is 5.66. The van der Waals surface area contributed by atoms with Crippen LogP contribution in [0.3, 0.4) is 0 Å². The SMILES string of the molecule is C[C@]12CC[C@H](O[C@@H]3O[C@H](CO)[C@@H](O)[C@H](O)[C@H]3OC3O[C@H](CO)[C@@H](O)[C@H](O)[C@H]3O)CC1=CCC1C2CC[C@]2(C)[C@H](C3=CC(=O)OC3)CC[C@]12O. The molecule has 4 aliphatic carbocycles. The summed E-state index contributed by atoms with van der Waals surface area (Å²) in [5, 5.41) is 84.7. The molecule has 0 aromatic rings. The smallest absolute Gasteiger partial charge is 0.331 e. The lowest BCUT2D eigenvalue weighted by Gasteiger charge is -2.61. The number of carbonyl (C=O) groups is 1. The Kier molecular flexibility index (Phi) is 9.62. The molecule has 276 valence electrons. The fourth-order valence-corrected chi connectivity index (χ4v) is 10.7. The topological polar surface area (TPSA) is 225 Å². The van der Waals surface area contributed by atoms with E-state index in [4.69, 9.17) is 23.7 Å². The maximum absolute atomic E-state index is 12.5. The van der Waals surface area contributed by atoms with E-state index in [1.54, 1.807) is 6.08 Å². The molecule has 3 aliphatic heterocycles. The van der Waals surface area contributed by atoms with Gasteiger partial charge in [0, 0.05) is 11.5 Å². The average molecular weight is 697 g/mol. The number of aliphatic hydroxyl groups excluding tert-OH is 7. The minimum absolute atomic E-state index is 0.0704. The fourth-order valence-electron chi connectivity index (χ4n) is 10.7. The lowest BCUT2D eigenvalue weighted by molar-refractivity contribution is -0.372. The van der Waals surface area contributed by atoms with Crippen LogP contribution < -0.4 is 0 Å². The first kappa shape index (κ1) is 35.9. The molecule has 7 rings (SSSR count). The van der Waals surface area contributed by atoms with Gasteiger partial charge in [-0.2, -0.15) is 0 Å². The summed E-state index contributed by atoms with van der Waals surface area (Å²) in [7, 11) is 0. The van der Waals surface area contributed by atoms with E-state index in [1.807, 2.05) is 0 Å². The van der Waals surface area contributed by atoms with Gasteiger partial charge in [-0.05, 0) is 80.1 Å². The number of carbonyl (C=O) groups excluding carboxylic acids is 1. The van der Waals surface area contributed by atoms with Gasteiger partial charge in [0.2, 0.25) is 0 Å². The number of hydrogen-bond acceptors (Lipinski definition) is 14. The van der Waals surface area contributed by atoms with Crippen molar-refractivity contribution in [3.05, 3.63) is 23.3 Å². The summed E-state index contributed by atoms with van der Waals surface area (Å²) >= 11 is 0. The van der Waals surface area contributed by atoms with E-state index in [0.29, 0.717) is 25.9 Å². The molecular formula is C35H52O14. The molecule has 49 heavy (non-hydrogen) atoms. The highest BCUT2D eigenvalue weighted by molar-refractivity contribution is 5.85. The van der Waals surface area contributed by atoms with Gasteiger partial charge in [-0.1, -0.05) is 25.5 Å². The number of esters is 1. The lowest BCUT2D eigenvalue weighted by atomic mass is 9.45. The third-order valence-electron chi connectivity index (χ3n) is 13.7. The molecule has 3 unspecified atom stereocenters. The van der Waals surface area contributed by atoms with E-state index >= 15 is 0 Å². The van der Waals surface area contributed by atoms with E-state index in [-0.39, 0.29) is 40.7 Å². The molecule has 0 aromatic heterocycles. The van der Waals surface area contributed by atoms with Gasteiger partial charge >= 0.3 is 5.97 Å². The zero-order valence-corrected chi connectivity index (χ0v) is 28.0. The van der Waals surface area contributed by atoms with Crippen molar-refractivity contribution < 1.29 is 69.3 Å². The van der Waals surface area contributed by atoms with E-state index in [2.05, 4.69) is 19.9 Å². The monoisotopic (exact) mass is 696 g/mol. The largest absolute Gasteiger partial charge is 0.458 e. The number of aliphatic hydroxyl groups is 8. The van der Waals surface area contributed by atoms with Gasteiger partial charge < -0.3 is 64.5 Å². The lowest BCUT2D eigenvalue weighted by Crippen LogP contribution is -2.65. The highest BCUT2D eigenvalue weighted by Gasteiger charge is 2.67. The van der Waals surface area contributed by atoms with Crippen LogP contribution in [0.15, 0.2) is 23.3 Å². The number of rotatable bonds is 7. The van der Waals surface area contributed by atoms with Crippen LogP contribution in [-0.4, -0.2) is 140 Å². The molecule has 3 heterocycles. The van der Waals surface area contributed by atoms with Crippen molar-refractivity contribution in [2.45, 2.75) is 138 Å². The van der Waals surface area contributed by atoms with E-state index in [9.17, 15) is 45.6 Å². The molecule has 17 atom stereocenters. The number of fused-ring (bicyclic) bond motifs is 5. The minimum Gasteiger partial charge on any atom is -0.458 e. The van der Waals surface area contributed by atoms with Crippen LogP contribution in [0.4, 0.5) is 0 Å². The second-order valence-corrected chi connectivity index (χ2v) is 15.9. The molecule has 0 bridgehead atoms. The molecule has 8 N–H and O–H groups in total. The Hall–Kier alpha value is -1.53. The van der Waals surface area contributed by atoms with Crippen molar-refractivity contribution in [1.82, 2.24) is 0 Å². The molecule has 0 radical (unpaired) electrons. The Balaban J connectivity index is 1.07. The predicted octanol–water partition coefficient (Wildman–Crippen LogP) is -0.827. The Morgan fingerprint density at radius 1 is 0.816 bits per heavy atom. The third-order valence-corrected chi connectivity index (χ3v) is 13.7. The highest BCUT2D eigenvalue weighted by Crippen LogP contribution is 2.69. The highest BCUT2D eigenvalue weighted by atomic mass is 16.8. The molecule has 2 saturated heterocycles. The molecule has 5 fully saturated rings.